The molecule has 6 heteroatoms. The normalized spacial score (nSPS) is 15.7. The van der Waals surface area contributed by atoms with Gasteiger partial charge in [0.1, 0.15) is 0 Å². The van der Waals surface area contributed by atoms with Crippen molar-refractivity contribution in [1.82, 2.24) is 20.1 Å². The van der Waals surface area contributed by atoms with Crippen molar-refractivity contribution in [2.24, 2.45) is 7.05 Å². The molecule has 1 aliphatic rings. The molecule has 1 unspecified atom stereocenters. The van der Waals surface area contributed by atoms with Gasteiger partial charge in [0.25, 0.3) is 0 Å². The third-order valence-corrected chi connectivity index (χ3v) is 5.31. The van der Waals surface area contributed by atoms with Crippen LogP contribution in [0.15, 0.2) is 36.5 Å². The van der Waals surface area contributed by atoms with Crippen LogP contribution in [0.25, 0.3) is 11.0 Å². The topological polar surface area (TPSA) is 63.1 Å². The molecule has 140 valence electrons. The molecule has 1 aliphatic heterocycles. The van der Waals surface area contributed by atoms with Gasteiger partial charge in [-0.15, -0.1) is 0 Å². The van der Waals surface area contributed by atoms with Gasteiger partial charge in [-0.2, -0.15) is 5.10 Å². The monoisotopic (exact) mass is 363 g/mol. The Hall–Kier alpha value is -2.73. The molecule has 0 radical (unpaired) electrons. The van der Waals surface area contributed by atoms with Crippen molar-refractivity contribution in [1.29, 1.82) is 0 Å². The van der Waals surface area contributed by atoms with Crippen LogP contribution < -0.4 is 10.2 Å². The van der Waals surface area contributed by atoms with E-state index in [9.17, 15) is 4.79 Å². The largest absolute Gasteiger partial charge is 0.312 e. The maximum atomic E-state index is 11.9. The highest BCUT2D eigenvalue weighted by Crippen LogP contribution is 2.24. The molecule has 0 aliphatic carbocycles. The van der Waals surface area contributed by atoms with Crippen molar-refractivity contribution in [2.75, 3.05) is 11.4 Å². The summed E-state index contributed by atoms with van der Waals surface area (Å²) in [6.07, 6.45) is 3.52. The Kier molecular flexibility index (Phi) is 4.66. The summed E-state index contributed by atoms with van der Waals surface area (Å²) < 4.78 is 1.82. The highest BCUT2D eigenvalue weighted by molar-refractivity contribution is 5.95. The van der Waals surface area contributed by atoms with E-state index >= 15 is 0 Å². The number of anilines is 1. The lowest BCUT2D eigenvalue weighted by Crippen LogP contribution is -2.23. The zero-order valence-corrected chi connectivity index (χ0v) is 16.1. The highest BCUT2D eigenvalue weighted by Gasteiger charge is 2.21. The van der Waals surface area contributed by atoms with Gasteiger partial charge in [0.05, 0.1) is 5.69 Å². The number of nitrogens with one attached hydrogen (secondary N) is 1. The van der Waals surface area contributed by atoms with Gasteiger partial charge in [-0.05, 0) is 49.6 Å². The number of pyridine rings is 1. The fraction of sp³-hybridized carbons (Fsp3) is 0.381. The number of carbonyl (C=O) groups excluding carboxylic acids is 1. The van der Waals surface area contributed by atoms with Crippen LogP contribution in [0.2, 0.25) is 0 Å². The van der Waals surface area contributed by atoms with Crippen molar-refractivity contribution >= 4 is 22.6 Å². The van der Waals surface area contributed by atoms with Crippen molar-refractivity contribution in [3.05, 3.63) is 53.3 Å². The van der Waals surface area contributed by atoms with Crippen LogP contribution in [0.4, 0.5) is 5.69 Å². The van der Waals surface area contributed by atoms with Gasteiger partial charge in [0, 0.05) is 49.9 Å². The maximum Gasteiger partial charge on any atom is 0.227 e. The molecule has 1 atom stereocenters. The Balaban J connectivity index is 1.42. The number of amides is 1. The SMILES string of the molecule is Cc1nn(C)c2ncc(CNC(C)c3ccc(N4CCCC4=O)cc3)cc12. The summed E-state index contributed by atoms with van der Waals surface area (Å²) in [6.45, 7) is 5.73. The van der Waals surface area contributed by atoms with E-state index in [-0.39, 0.29) is 11.9 Å². The van der Waals surface area contributed by atoms with Gasteiger partial charge in [0.2, 0.25) is 5.91 Å². The first-order valence-electron chi connectivity index (χ1n) is 9.45. The third-order valence-electron chi connectivity index (χ3n) is 5.31. The smallest absolute Gasteiger partial charge is 0.227 e. The molecular formula is C21H25N5O. The molecule has 1 saturated heterocycles. The van der Waals surface area contributed by atoms with Crippen molar-refractivity contribution in [2.45, 2.75) is 39.3 Å². The highest BCUT2D eigenvalue weighted by atomic mass is 16.2. The molecule has 0 saturated carbocycles. The predicted molar refractivity (Wildman–Crippen MR) is 107 cm³/mol. The number of hydrogen-bond acceptors (Lipinski definition) is 4. The van der Waals surface area contributed by atoms with Crippen molar-refractivity contribution < 1.29 is 4.79 Å². The number of nitrogens with zero attached hydrogens (tertiary/aromatic N) is 4. The van der Waals surface area contributed by atoms with Crippen LogP contribution in [-0.4, -0.2) is 27.2 Å². The Morgan fingerprint density at radius 1 is 1.26 bits per heavy atom. The molecule has 2 aromatic heterocycles. The molecule has 6 nitrogen and oxygen atoms in total. The van der Waals surface area contributed by atoms with Crippen LogP contribution >= 0.6 is 0 Å². The van der Waals surface area contributed by atoms with E-state index in [1.807, 2.05) is 41.9 Å². The van der Waals surface area contributed by atoms with Gasteiger partial charge >= 0.3 is 0 Å². The Labute approximate surface area is 159 Å². The van der Waals surface area contributed by atoms with E-state index in [1.54, 1.807) is 0 Å². The molecule has 1 fully saturated rings. The van der Waals surface area contributed by atoms with E-state index in [1.165, 1.54) is 5.56 Å². The second kappa shape index (κ2) is 7.12. The van der Waals surface area contributed by atoms with E-state index in [0.29, 0.717) is 6.42 Å². The lowest BCUT2D eigenvalue weighted by Gasteiger charge is -2.18. The quantitative estimate of drug-likeness (QED) is 0.756. The summed E-state index contributed by atoms with van der Waals surface area (Å²) in [5.41, 5.74) is 5.26. The van der Waals surface area contributed by atoms with E-state index in [2.05, 4.69) is 40.5 Å². The molecular weight excluding hydrogens is 338 g/mol. The van der Waals surface area contributed by atoms with Gasteiger partial charge in [-0.1, -0.05) is 12.1 Å². The molecule has 0 bridgehead atoms. The Bertz CT molecular complexity index is 976. The first-order valence-corrected chi connectivity index (χ1v) is 9.45. The number of rotatable bonds is 5. The first-order chi connectivity index (χ1) is 13.0. The first kappa shape index (κ1) is 17.7. The minimum atomic E-state index is 0.207. The minimum Gasteiger partial charge on any atom is -0.312 e. The van der Waals surface area contributed by atoms with Gasteiger partial charge in [-0.3, -0.25) is 9.48 Å². The number of aryl methyl sites for hydroxylation is 2. The van der Waals surface area contributed by atoms with Crippen LogP contribution in [0, 0.1) is 6.92 Å². The summed E-state index contributed by atoms with van der Waals surface area (Å²) >= 11 is 0. The predicted octanol–water partition coefficient (Wildman–Crippen LogP) is 3.25. The molecule has 3 heterocycles. The Morgan fingerprint density at radius 3 is 2.74 bits per heavy atom. The number of carbonyl (C=O) groups is 1. The van der Waals surface area contributed by atoms with Gasteiger partial charge < -0.3 is 10.2 Å². The molecule has 1 amide bonds. The fourth-order valence-electron chi connectivity index (χ4n) is 3.70. The molecule has 27 heavy (non-hydrogen) atoms. The van der Waals surface area contributed by atoms with Crippen molar-refractivity contribution in [3.63, 3.8) is 0 Å². The standard InChI is InChI=1S/C21H25N5O/c1-14(17-6-8-18(9-7-17)26-10-4-5-20(26)27)22-12-16-11-19-15(2)24-25(3)21(19)23-13-16/h6-9,11,13-14,22H,4-5,10,12H2,1-3H3. The average molecular weight is 363 g/mol. The Morgan fingerprint density at radius 2 is 2.04 bits per heavy atom. The zero-order chi connectivity index (χ0) is 19.0. The molecule has 0 spiro atoms. The third kappa shape index (κ3) is 3.45. The lowest BCUT2D eigenvalue weighted by atomic mass is 10.1. The van der Waals surface area contributed by atoms with E-state index in [0.717, 1.165) is 47.5 Å². The van der Waals surface area contributed by atoms with Gasteiger partial charge in [0.15, 0.2) is 5.65 Å². The van der Waals surface area contributed by atoms with Crippen molar-refractivity contribution in [3.8, 4) is 0 Å². The van der Waals surface area contributed by atoms with E-state index < -0.39 is 0 Å². The van der Waals surface area contributed by atoms with Crippen LogP contribution in [-0.2, 0) is 18.4 Å². The number of aromatic nitrogens is 3. The second-order valence-electron chi connectivity index (χ2n) is 7.27. The lowest BCUT2D eigenvalue weighted by molar-refractivity contribution is -0.117. The van der Waals surface area contributed by atoms with Crippen LogP contribution in [0.1, 0.15) is 42.6 Å². The summed E-state index contributed by atoms with van der Waals surface area (Å²) in [5.74, 6) is 0.225. The summed E-state index contributed by atoms with van der Waals surface area (Å²) in [7, 11) is 1.92. The number of benzene rings is 1. The summed E-state index contributed by atoms with van der Waals surface area (Å²) in [5, 5.41) is 9.08. The zero-order valence-electron chi connectivity index (χ0n) is 16.1. The minimum absolute atomic E-state index is 0.207. The maximum absolute atomic E-state index is 11.9. The average Bonchev–Trinajstić information content (AvgIpc) is 3.23. The van der Waals surface area contributed by atoms with E-state index in [4.69, 9.17) is 0 Å². The number of fused-ring (bicyclic) bond motifs is 1. The van der Waals surface area contributed by atoms with Crippen LogP contribution in [0.3, 0.4) is 0 Å². The molecule has 1 aromatic carbocycles. The second-order valence-corrected chi connectivity index (χ2v) is 7.27. The van der Waals surface area contributed by atoms with Crippen LogP contribution in [0.5, 0.6) is 0 Å². The molecule has 1 N–H and O–H groups in total. The molecule has 3 aromatic rings. The molecule has 4 rings (SSSR count). The number of hydrogen-bond donors (Lipinski definition) is 1. The summed E-state index contributed by atoms with van der Waals surface area (Å²) in [4.78, 5) is 18.3. The summed E-state index contributed by atoms with van der Waals surface area (Å²) in [6, 6.07) is 10.7. The van der Waals surface area contributed by atoms with Gasteiger partial charge in [-0.25, -0.2) is 4.98 Å². The fourth-order valence-corrected chi connectivity index (χ4v) is 3.70.